The minimum atomic E-state index is -4.75. The van der Waals surface area contributed by atoms with E-state index in [2.05, 4.69) is 40.7 Å². The van der Waals surface area contributed by atoms with E-state index in [0.717, 1.165) is 63.4 Å². The van der Waals surface area contributed by atoms with Gasteiger partial charge in [-0.15, -0.1) is 0 Å². The zero-order valence-corrected chi connectivity index (χ0v) is 30.2. The fourth-order valence-electron chi connectivity index (χ4n) is 5.16. The molecule has 0 fully saturated rings. The summed E-state index contributed by atoms with van der Waals surface area (Å²) in [7, 11) is -4.75. The zero-order chi connectivity index (χ0) is 34.1. The van der Waals surface area contributed by atoms with Crippen molar-refractivity contribution in [2.75, 3.05) is 13.2 Å². The Bertz CT molecular complexity index is 943. The highest BCUT2D eigenvalue weighted by molar-refractivity contribution is 7.80. The molecule has 0 aromatic rings. The first kappa shape index (κ1) is 44.0. The quantitative estimate of drug-likeness (QED) is 0.0189. The highest BCUT2D eigenvalue weighted by atomic mass is 32.3. The Kier molecular flexibility index (Phi) is 30.3. The molecule has 0 aromatic carbocycles. The Morgan fingerprint density at radius 1 is 0.717 bits per heavy atom. The average Bonchev–Trinajstić information content (AvgIpc) is 3.01. The lowest BCUT2D eigenvalue weighted by Gasteiger charge is -2.16. The van der Waals surface area contributed by atoms with E-state index in [1.54, 1.807) is 0 Å². The van der Waals surface area contributed by atoms with Crippen molar-refractivity contribution in [2.24, 2.45) is 0 Å². The molecule has 0 saturated heterocycles. The van der Waals surface area contributed by atoms with Crippen LogP contribution >= 0.6 is 0 Å². The average molecular weight is 669 g/mol. The Labute approximate surface area is 282 Å². The van der Waals surface area contributed by atoms with E-state index >= 15 is 0 Å². The molecule has 9 heteroatoms. The molecule has 0 unspecified atom stereocenters. The largest absolute Gasteiger partial charge is 0.726 e. The minimum absolute atomic E-state index is 0.0683. The van der Waals surface area contributed by atoms with Gasteiger partial charge < -0.3 is 14.6 Å². The van der Waals surface area contributed by atoms with E-state index in [9.17, 15) is 22.6 Å². The molecule has 0 aliphatic heterocycles. The molecule has 1 amide bonds. The van der Waals surface area contributed by atoms with E-state index in [-0.39, 0.29) is 24.5 Å². The monoisotopic (exact) mass is 668 g/mol. The van der Waals surface area contributed by atoms with Gasteiger partial charge in [-0.3, -0.25) is 13.8 Å². The zero-order valence-electron chi connectivity index (χ0n) is 29.4. The van der Waals surface area contributed by atoms with E-state index in [1.807, 2.05) is 13.8 Å². The van der Waals surface area contributed by atoms with Crippen LogP contribution in [0, 0.1) is 0 Å². The summed E-state index contributed by atoms with van der Waals surface area (Å²) in [6.45, 7) is 5.68. The van der Waals surface area contributed by atoms with Crippen molar-refractivity contribution in [3.8, 4) is 0 Å². The van der Waals surface area contributed by atoms with Gasteiger partial charge in [0.05, 0.1) is 6.61 Å². The fourth-order valence-corrected chi connectivity index (χ4v) is 5.45. The van der Waals surface area contributed by atoms with Crippen molar-refractivity contribution in [1.29, 1.82) is 0 Å². The van der Waals surface area contributed by atoms with Crippen molar-refractivity contribution < 1.29 is 31.5 Å². The van der Waals surface area contributed by atoms with Crippen LogP contribution in [0.4, 0.5) is 0 Å². The molecule has 8 nitrogen and oxygen atoms in total. The van der Waals surface area contributed by atoms with Crippen LogP contribution in [0.2, 0.25) is 0 Å². The Hall–Kier alpha value is -1.97. The maximum absolute atomic E-state index is 12.3. The Morgan fingerprint density at radius 2 is 1.26 bits per heavy atom. The summed E-state index contributed by atoms with van der Waals surface area (Å²) in [6, 6.07) is 0. The third kappa shape index (κ3) is 33.4. The predicted molar refractivity (Wildman–Crippen MR) is 188 cm³/mol. The predicted octanol–water partition coefficient (Wildman–Crippen LogP) is 9.56. The molecule has 0 heterocycles. The third-order valence-corrected chi connectivity index (χ3v) is 8.37. The van der Waals surface area contributed by atoms with Crippen molar-refractivity contribution in [2.45, 2.75) is 175 Å². The molecule has 0 bridgehead atoms. The molecule has 0 aliphatic carbocycles. The first-order valence-corrected chi connectivity index (χ1v) is 19.6. The lowest BCUT2D eigenvalue weighted by Crippen LogP contribution is -2.26. The molecule has 0 aliphatic rings. The van der Waals surface area contributed by atoms with Gasteiger partial charge in [0.25, 0.3) is 0 Å². The van der Waals surface area contributed by atoms with Crippen molar-refractivity contribution in [1.82, 2.24) is 5.32 Å². The number of rotatable bonds is 32. The number of carbonyl (C=O) groups excluding carboxylic acids is 2. The van der Waals surface area contributed by atoms with Gasteiger partial charge in [0.15, 0.2) is 0 Å². The maximum Gasteiger partial charge on any atom is 0.306 e. The van der Waals surface area contributed by atoms with Crippen molar-refractivity contribution in [3.05, 3.63) is 36.0 Å². The number of hydrogen-bond donors (Lipinski definition) is 1. The second-order valence-corrected chi connectivity index (χ2v) is 13.4. The molecule has 268 valence electrons. The van der Waals surface area contributed by atoms with Gasteiger partial charge in [0, 0.05) is 19.0 Å². The number of esters is 1. The smallest absolute Gasteiger partial charge is 0.306 e. The number of carbonyl (C=O) groups is 2. The van der Waals surface area contributed by atoms with Gasteiger partial charge in [0.2, 0.25) is 16.3 Å². The topological polar surface area (TPSA) is 122 Å². The van der Waals surface area contributed by atoms with E-state index in [0.29, 0.717) is 6.42 Å². The van der Waals surface area contributed by atoms with E-state index in [4.69, 9.17) is 4.74 Å². The third-order valence-electron chi connectivity index (χ3n) is 7.92. The highest BCUT2D eigenvalue weighted by Crippen LogP contribution is 2.15. The van der Waals surface area contributed by atoms with Crippen LogP contribution in [0.3, 0.4) is 0 Å². The van der Waals surface area contributed by atoms with Gasteiger partial charge in [-0.2, -0.15) is 0 Å². The van der Waals surface area contributed by atoms with Gasteiger partial charge >= 0.3 is 5.97 Å². The van der Waals surface area contributed by atoms with Crippen LogP contribution < -0.4 is 5.32 Å². The Balaban J connectivity index is 3.72. The highest BCUT2D eigenvalue weighted by Gasteiger charge is 2.12. The first-order valence-electron chi connectivity index (χ1n) is 18.2. The summed E-state index contributed by atoms with van der Waals surface area (Å²) >= 11 is 0. The molecule has 0 saturated carbocycles. The summed E-state index contributed by atoms with van der Waals surface area (Å²) in [6.07, 6.45) is 36.5. The molecule has 1 N–H and O–H groups in total. The summed E-state index contributed by atoms with van der Waals surface area (Å²) < 4.78 is 40.8. The lowest BCUT2D eigenvalue weighted by atomic mass is 10.0. The van der Waals surface area contributed by atoms with Crippen molar-refractivity contribution >= 4 is 22.3 Å². The number of amides is 1. The van der Waals surface area contributed by atoms with E-state index in [1.165, 1.54) is 89.5 Å². The number of ether oxygens (including phenoxy) is 1. The molecule has 1 atom stereocenters. The molecule has 0 rings (SSSR count). The van der Waals surface area contributed by atoms with Crippen molar-refractivity contribution in [3.63, 3.8) is 0 Å². The number of unbranched alkanes of at least 4 members (excludes halogenated alkanes) is 15. The summed E-state index contributed by atoms with van der Waals surface area (Å²) in [4.78, 5) is 24.1. The van der Waals surface area contributed by atoms with Gasteiger partial charge in [-0.1, -0.05) is 114 Å². The number of allylic oxidation sites excluding steroid dienone is 5. The fraction of sp³-hybridized carbons (Fsp3) is 0.784. The molecule has 0 aromatic heterocycles. The van der Waals surface area contributed by atoms with Gasteiger partial charge in [-0.05, 0) is 77.6 Å². The second kappa shape index (κ2) is 31.6. The van der Waals surface area contributed by atoms with Gasteiger partial charge in [-0.25, -0.2) is 8.42 Å². The molecule has 0 spiro atoms. The maximum atomic E-state index is 12.3. The summed E-state index contributed by atoms with van der Waals surface area (Å²) in [5.41, 5.74) is 0.888. The normalized spacial score (nSPS) is 13.1. The van der Waals surface area contributed by atoms with Gasteiger partial charge in [0.1, 0.15) is 6.10 Å². The summed E-state index contributed by atoms with van der Waals surface area (Å²) in [5, 5.41) is 2.47. The Morgan fingerprint density at radius 3 is 1.83 bits per heavy atom. The van der Waals surface area contributed by atoms with Crippen LogP contribution in [-0.2, 0) is 28.9 Å². The van der Waals surface area contributed by atoms with Crippen LogP contribution in [-0.4, -0.2) is 44.1 Å². The summed E-state index contributed by atoms with van der Waals surface area (Å²) in [5.74, 6) is -0.501. The first-order chi connectivity index (χ1) is 22.2. The molecular weight excluding hydrogens is 602 g/mol. The van der Waals surface area contributed by atoms with Crippen LogP contribution in [0.1, 0.15) is 168 Å². The van der Waals surface area contributed by atoms with E-state index < -0.39 is 17.0 Å². The SMILES string of the molecule is CCCCCCCCCCCCCC/C=C\CC/C=C\CCCC(=O)O[C@H](CC)CCCC/C(C)=C\C(=O)NCCOS(=O)(=O)[O-]. The molecular formula is C37H66NO7S-. The second-order valence-electron chi connectivity index (χ2n) is 12.4. The number of hydrogen-bond acceptors (Lipinski definition) is 7. The minimum Gasteiger partial charge on any atom is -0.726 e. The standard InChI is InChI=1S/C37H67NO7S/c1-4-6-7-8-9-10-11-12-13-14-15-16-17-18-19-20-21-22-23-24-25-30-37(40)45-35(5-2)29-27-26-28-34(3)33-36(39)38-31-32-44-46(41,42)43/h18-19,22-23,33,35H,4-17,20-21,24-32H2,1-3H3,(H,38,39)(H,41,42,43)/p-1/b19-18-,23-22-,34-33-/t35-/m1/s1. The molecule has 46 heavy (non-hydrogen) atoms. The van der Waals surface area contributed by atoms with Crippen LogP contribution in [0.15, 0.2) is 36.0 Å². The molecule has 0 radical (unpaired) electrons. The number of nitrogens with one attached hydrogen (secondary N) is 1. The lowest BCUT2D eigenvalue weighted by molar-refractivity contribution is -0.149. The van der Waals surface area contributed by atoms with Crippen LogP contribution in [0.5, 0.6) is 0 Å². The van der Waals surface area contributed by atoms with Crippen LogP contribution in [0.25, 0.3) is 0 Å².